The van der Waals surface area contributed by atoms with E-state index < -0.39 is 11.7 Å². The summed E-state index contributed by atoms with van der Waals surface area (Å²) in [5.74, 6) is 0.774. The van der Waals surface area contributed by atoms with Crippen LogP contribution >= 0.6 is 15.9 Å². The first-order valence-electron chi connectivity index (χ1n) is 7.16. The molecule has 0 spiro atoms. The third-order valence-electron chi connectivity index (χ3n) is 2.92. The van der Waals surface area contributed by atoms with Gasteiger partial charge in [0.1, 0.15) is 21.5 Å². The molecular formula is C15H21BrN4O2. The fourth-order valence-electron chi connectivity index (χ4n) is 2.19. The third kappa shape index (κ3) is 3.97. The molecule has 6 nitrogen and oxygen atoms in total. The lowest BCUT2D eigenvalue weighted by Gasteiger charge is -2.20. The lowest BCUT2D eigenvalue weighted by molar-refractivity contribution is 0.0521. The first-order valence-corrected chi connectivity index (χ1v) is 7.96. The molecule has 0 aliphatic carbocycles. The monoisotopic (exact) mass is 368 g/mol. The zero-order chi connectivity index (χ0) is 16.5. The highest BCUT2D eigenvalue weighted by Gasteiger charge is 2.18. The second-order valence-corrected chi connectivity index (χ2v) is 7.16. The quantitative estimate of drug-likeness (QED) is 0.836. The highest BCUT2D eigenvalue weighted by Crippen LogP contribution is 2.23. The number of hydrogen-bond acceptors (Lipinski definition) is 4. The van der Waals surface area contributed by atoms with Crippen molar-refractivity contribution < 1.29 is 9.53 Å². The van der Waals surface area contributed by atoms with Gasteiger partial charge in [0.15, 0.2) is 0 Å². The molecule has 0 atom stereocenters. The number of ether oxygens (including phenoxy) is 1. The molecule has 2 rings (SSSR count). The molecule has 1 N–H and O–H groups in total. The molecule has 7 heteroatoms. The molecule has 1 amide bonds. The van der Waals surface area contributed by atoms with E-state index in [4.69, 9.17) is 4.74 Å². The Bertz CT molecular complexity index is 689. The summed E-state index contributed by atoms with van der Waals surface area (Å²) in [5.41, 5.74) is 1.27. The van der Waals surface area contributed by atoms with Crippen LogP contribution in [0, 0.1) is 0 Å². The number of amides is 1. The fraction of sp³-hybridized carbons (Fsp3) is 0.533. The fourth-order valence-corrected chi connectivity index (χ4v) is 2.51. The number of nitrogens with one attached hydrogen (secondary N) is 1. The van der Waals surface area contributed by atoms with Crippen LogP contribution in [0.1, 0.15) is 46.5 Å². The van der Waals surface area contributed by atoms with Gasteiger partial charge in [0.2, 0.25) is 0 Å². The molecule has 0 bridgehead atoms. The summed E-state index contributed by atoms with van der Waals surface area (Å²) in [7, 11) is 0. The summed E-state index contributed by atoms with van der Waals surface area (Å²) in [4.78, 5) is 20.5. The Labute approximate surface area is 138 Å². The van der Waals surface area contributed by atoms with E-state index in [0.717, 1.165) is 21.5 Å². The first-order chi connectivity index (χ1) is 10.2. The number of rotatable bonds is 3. The van der Waals surface area contributed by atoms with E-state index in [1.807, 2.05) is 26.8 Å². The average Bonchev–Trinajstić information content (AvgIpc) is 2.71. The van der Waals surface area contributed by atoms with Crippen LogP contribution in [0.5, 0.6) is 0 Å². The molecule has 0 unspecified atom stereocenters. The number of hydrogen-bond donors (Lipinski definition) is 1. The number of carbonyl (C=O) groups is 1. The van der Waals surface area contributed by atoms with Gasteiger partial charge in [-0.1, -0.05) is 0 Å². The van der Waals surface area contributed by atoms with Crippen LogP contribution in [0.3, 0.4) is 0 Å². The molecule has 2 heterocycles. The van der Waals surface area contributed by atoms with Crippen LogP contribution in [-0.2, 0) is 11.3 Å². The minimum atomic E-state index is -0.517. The van der Waals surface area contributed by atoms with E-state index >= 15 is 0 Å². The molecule has 22 heavy (non-hydrogen) atoms. The maximum absolute atomic E-state index is 11.8. The van der Waals surface area contributed by atoms with Gasteiger partial charge >= 0.3 is 6.09 Å². The number of carbonyl (C=O) groups excluding carboxylic acids is 1. The van der Waals surface area contributed by atoms with Gasteiger partial charge in [0, 0.05) is 6.04 Å². The Morgan fingerprint density at radius 2 is 2.14 bits per heavy atom. The minimum absolute atomic E-state index is 0.217. The lowest BCUT2D eigenvalue weighted by atomic mass is 10.2. The Hall–Kier alpha value is -1.63. The predicted molar refractivity (Wildman–Crippen MR) is 88.7 cm³/mol. The van der Waals surface area contributed by atoms with Crippen molar-refractivity contribution in [1.82, 2.24) is 19.9 Å². The number of halogens is 1. The SMILES string of the molecule is CC(C)n1c(CNC(=O)OC(C)(C)C)nc2cnc(Br)cc21. The van der Waals surface area contributed by atoms with Crippen LogP contribution in [0.4, 0.5) is 4.79 Å². The van der Waals surface area contributed by atoms with Crippen LogP contribution in [0.2, 0.25) is 0 Å². The standard InChI is InChI=1S/C15H21BrN4O2/c1-9(2)20-11-6-12(16)17-7-10(11)19-13(20)8-18-14(21)22-15(3,4)5/h6-7,9H,8H2,1-5H3,(H,18,21). The number of imidazole rings is 1. The molecule has 120 valence electrons. The normalized spacial score (nSPS) is 12.0. The summed E-state index contributed by atoms with van der Waals surface area (Å²) in [6.45, 7) is 9.95. The Kier molecular flexibility index (Phi) is 4.75. The smallest absolute Gasteiger partial charge is 0.408 e. The summed E-state index contributed by atoms with van der Waals surface area (Å²) >= 11 is 3.38. The van der Waals surface area contributed by atoms with E-state index in [1.54, 1.807) is 6.20 Å². The largest absolute Gasteiger partial charge is 0.444 e. The van der Waals surface area contributed by atoms with Crippen molar-refractivity contribution in [2.45, 2.75) is 52.8 Å². The molecule has 0 saturated heterocycles. The second-order valence-electron chi connectivity index (χ2n) is 6.34. The van der Waals surface area contributed by atoms with Gasteiger partial charge in [0.05, 0.1) is 18.3 Å². The van der Waals surface area contributed by atoms with Crippen molar-refractivity contribution in [1.29, 1.82) is 0 Å². The number of aromatic nitrogens is 3. The van der Waals surface area contributed by atoms with Crippen LogP contribution in [-0.4, -0.2) is 26.2 Å². The van der Waals surface area contributed by atoms with Crippen molar-refractivity contribution in [3.63, 3.8) is 0 Å². The topological polar surface area (TPSA) is 69.0 Å². The second kappa shape index (κ2) is 6.24. The molecule has 0 aromatic carbocycles. The molecule has 0 aliphatic heterocycles. The molecule has 0 fully saturated rings. The van der Waals surface area contributed by atoms with Gasteiger partial charge in [-0.25, -0.2) is 14.8 Å². The zero-order valence-electron chi connectivity index (χ0n) is 13.5. The molecule has 2 aromatic heterocycles. The van der Waals surface area contributed by atoms with Gasteiger partial charge in [-0.3, -0.25) is 0 Å². The Morgan fingerprint density at radius 3 is 2.73 bits per heavy atom. The van der Waals surface area contributed by atoms with Crippen molar-refractivity contribution in [2.75, 3.05) is 0 Å². The van der Waals surface area contributed by atoms with Crippen molar-refractivity contribution in [2.24, 2.45) is 0 Å². The summed E-state index contributed by atoms with van der Waals surface area (Å²) in [5, 5.41) is 2.75. The number of fused-ring (bicyclic) bond motifs is 1. The highest BCUT2D eigenvalue weighted by molar-refractivity contribution is 9.10. The highest BCUT2D eigenvalue weighted by atomic mass is 79.9. The minimum Gasteiger partial charge on any atom is -0.444 e. The third-order valence-corrected chi connectivity index (χ3v) is 3.36. The van der Waals surface area contributed by atoms with Gasteiger partial charge < -0.3 is 14.6 Å². The van der Waals surface area contributed by atoms with Crippen molar-refractivity contribution in [3.8, 4) is 0 Å². The van der Waals surface area contributed by atoms with Gasteiger partial charge in [-0.05, 0) is 56.6 Å². The van der Waals surface area contributed by atoms with Gasteiger partial charge in [-0.15, -0.1) is 0 Å². The molecule has 2 aromatic rings. The van der Waals surface area contributed by atoms with E-state index in [-0.39, 0.29) is 6.04 Å². The Balaban J connectivity index is 2.24. The van der Waals surface area contributed by atoms with E-state index in [9.17, 15) is 4.79 Å². The van der Waals surface area contributed by atoms with E-state index in [2.05, 4.69) is 49.6 Å². The summed E-state index contributed by atoms with van der Waals surface area (Å²) in [6.07, 6.45) is 1.27. The number of nitrogens with zero attached hydrogens (tertiary/aromatic N) is 3. The molecule has 0 saturated carbocycles. The number of alkyl carbamates (subject to hydrolysis) is 1. The van der Waals surface area contributed by atoms with Crippen molar-refractivity contribution in [3.05, 3.63) is 22.7 Å². The molecule has 0 aliphatic rings. The maximum Gasteiger partial charge on any atom is 0.408 e. The van der Waals surface area contributed by atoms with Gasteiger partial charge in [0.25, 0.3) is 0 Å². The van der Waals surface area contributed by atoms with E-state index in [0.29, 0.717) is 6.54 Å². The van der Waals surface area contributed by atoms with Crippen LogP contribution in [0.15, 0.2) is 16.9 Å². The van der Waals surface area contributed by atoms with Crippen LogP contribution < -0.4 is 5.32 Å². The summed E-state index contributed by atoms with van der Waals surface area (Å²) < 4.78 is 8.09. The predicted octanol–water partition coefficient (Wildman–Crippen LogP) is 3.80. The first kappa shape index (κ1) is 16.7. The maximum atomic E-state index is 11.8. The lowest BCUT2D eigenvalue weighted by Crippen LogP contribution is -2.32. The van der Waals surface area contributed by atoms with Crippen molar-refractivity contribution >= 4 is 33.1 Å². The van der Waals surface area contributed by atoms with E-state index in [1.165, 1.54) is 0 Å². The average molecular weight is 369 g/mol. The number of pyridine rings is 1. The molecular weight excluding hydrogens is 348 g/mol. The zero-order valence-corrected chi connectivity index (χ0v) is 15.1. The Morgan fingerprint density at radius 1 is 1.45 bits per heavy atom. The molecule has 0 radical (unpaired) electrons. The summed E-state index contributed by atoms with van der Waals surface area (Å²) in [6, 6.07) is 2.15. The van der Waals surface area contributed by atoms with Crippen LogP contribution in [0.25, 0.3) is 11.0 Å². The van der Waals surface area contributed by atoms with Gasteiger partial charge in [-0.2, -0.15) is 0 Å².